The van der Waals surface area contributed by atoms with Crippen LogP contribution in [0.5, 0.6) is 17.2 Å². The van der Waals surface area contributed by atoms with E-state index in [1.54, 1.807) is 7.11 Å². The molecule has 1 N–H and O–H groups in total. The molecule has 0 aliphatic heterocycles. The Morgan fingerprint density at radius 1 is 0.966 bits per heavy atom. The zero-order chi connectivity index (χ0) is 20.2. The quantitative estimate of drug-likeness (QED) is 0.478. The first-order valence-electron chi connectivity index (χ1n) is 9.32. The van der Waals surface area contributed by atoms with Gasteiger partial charge in [0.05, 0.1) is 13.5 Å². The van der Waals surface area contributed by atoms with Crippen LogP contribution in [0, 0.1) is 0 Å². The third-order valence-electron chi connectivity index (χ3n) is 4.76. The summed E-state index contributed by atoms with van der Waals surface area (Å²) >= 11 is 0. The van der Waals surface area contributed by atoms with E-state index < -0.39 is 5.97 Å². The molecule has 5 heteroatoms. The molecule has 1 aromatic heterocycles. The number of ether oxygens (including phenoxy) is 2. The molecular weight excluding hydrogens is 366 g/mol. The molecule has 5 nitrogen and oxygen atoms in total. The summed E-state index contributed by atoms with van der Waals surface area (Å²) in [6, 6.07) is 23.2. The molecule has 0 amide bonds. The topological polar surface area (TPSA) is 60.7 Å². The fourth-order valence-electron chi connectivity index (χ4n) is 3.49. The lowest BCUT2D eigenvalue weighted by molar-refractivity contribution is -0.136. The zero-order valence-corrected chi connectivity index (χ0v) is 16.0. The number of methoxy groups -OCH3 is 1. The molecule has 0 saturated carbocycles. The third kappa shape index (κ3) is 4.09. The van der Waals surface area contributed by atoms with Crippen molar-refractivity contribution in [3.05, 3.63) is 90.1 Å². The number of nitrogens with zero attached hydrogens (tertiary/aromatic N) is 1. The maximum absolute atomic E-state index is 11.2. The van der Waals surface area contributed by atoms with Crippen LogP contribution in [0.15, 0.2) is 79.0 Å². The molecular formula is C24H21NO4. The second-order valence-electron chi connectivity index (χ2n) is 6.77. The molecule has 29 heavy (non-hydrogen) atoms. The molecule has 3 aromatic carbocycles. The van der Waals surface area contributed by atoms with Gasteiger partial charge < -0.3 is 19.1 Å². The maximum atomic E-state index is 11.2. The summed E-state index contributed by atoms with van der Waals surface area (Å²) < 4.78 is 13.4. The van der Waals surface area contributed by atoms with Crippen molar-refractivity contribution in [2.24, 2.45) is 0 Å². The van der Waals surface area contributed by atoms with Gasteiger partial charge in [-0.25, -0.2) is 0 Å². The maximum Gasteiger partial charge on any atom is 0.307 e. The molecule has 146 valence electrons. The highest BCUT2D eigenvalue weighted by molar-refractivity contribution is 5.87. The predicted molar refractivity (Wildman–Crippen MR) is 112 cm³/mol. The zero-order valence-electron chi connectivity index (χ0n) is 16.0. The second kappa shape index (κ2) is 8.10. The van der Waals surface area contributed by atoms with E-state index in [2.05, 4.69) is 4.57 Å². The van der Waals surface area contributed by atoms with Crippen LogP contribution in [0.1, 0.15) is 11.1 Å². The molecule has 0 unspecified atom stereocenters. The molecule has 0 spiro atoms. The van der Waals surface area contributed by atoms with Gasteiger partial charge in [0, 0.05) is 23.6 Å². The smallest absolute Gasteiger partial charge is 0.307 e. The Hall–Kier alpha value is -3.73. The summed E-state index contributed by atoms with van der Waals surface area (Å²) in [7, 11) is 1.62. The van der Waals surface area contributed by atoms with Crippen molar-refractivity contribution in [3.63, 3.8) is 0 Å². The minimum Gasteiger partial charge on any atom is -0.493 e. The van der Waals surface area contributed by atoms with Crippen LogP contribution < -0.4 is 9.47 Å². The van der Waals surface area contributed by atoms with Gasteiger partial charge in [0.15, 0.2) is 11.5 Å². The van der Waals surface area contributed by atoms with E-state index in [-0.39, 0.29) is 6.42 Å². The number of hydrogen-bond donors (Lipinski definition) is 1. The van der Waals surface area contributed by atoms with E-state index in [9.17, 15) is 9.90 Å². The molecule has 4 rings (SSSR count). The van der Waals surface area contributed by atoms with Crippen molar-refractivity contribution in [2.45, 2.75) is 13.0 Å². The van der Waals surface area contributed by atoms with E-state index in [4.69, 9.17) is 9.47 Å². The fraction of sp³-hybridized carbons (Fsp3) is 0.125. The average molecular weight is 387 g/mol. The van der Waals surface area contributed by atoms with E-state index in [1.807, 2.05) is 79.0 Å². The Morgan fingerprint density at radius 2 is 1.72 bits per heavy atom. The highest BCUT2D eigenvalue weighted by Crippen LogP contribution is 2.31. The molecule has 0 bridgehead atoms. The molecule has 0 radical (unpaired) electrons. The van der Waals surface area contributed by atoms with Crippen molar-refractivity contribution in [1.29, 1.82) is 0 Å². The minimum atomic E-state index is -0.833. The van der Waals surface area contributed by atoms with Crippen molar-refractivity contribution in [2.75, 3.05) is 7.11 Å². The largest absolute Gasteiger partial charge is 0.493 e. The van der Waals surface area contributed by atoms with Crippen LogP contribution in [0.2, 0.25) is 0 Å². The van der Waals surface area contributed by atoms with Crippen LogP contribution in [0.25, 0.3) is 10.9 Å². The van der Waals surface area contributed by atoms with Crippen LogP contribution in [0.4, 0.5) is 0 Å². The van der Waals surface area contributed by atoms with Crippen molar-refractivity contribution in [1.82, 2.24) is 4.57 Å². The summed E-state index contributed by atoms with van der Waals surface area (Å²) in [5.74, 6) is 1.21. The number of aliphatic carboxylic acids is 1. The highest BCUT2D eigenvalue weighted by Gasteiger charge is 2.12. The summed E-state index contributed by atoms with van der Waals surface area (Å²) in [5.41, 5.74) is 2.88. The van der Waals surface area contributed by atoms with Gasteiger partial charge in [-0.05, 0) is 41.5 Å². The van der Waals surface area contributed by atoms with Crippen LogP contribution in [0.3, 0.4) is 0 Å². The van der Waals surface area contributed by atoms with E-state index >= 15 is 0 Å². The van der Waals surface area contributed by atoms with Crippen LogP contribution >= 0.6 is 0 Å². The number of aromatic nitrogens is 1. The van der Waals surface area contributed by atoms with Crippen molar-refractivity contribution < 1.29 is 19.4 Å². The predicted octanol–water partition coefficient (Wildman–Crippen LogP) is 5.12. The Bertz CT molecular complexity index is 1160. The number of para-hydroxylation sites is 3. The van der Waals surface area contributed by atoms with E-state index in [0.717, 1.165) is 22.0 Å². The first-order chi connectivity index (χ1) is 14.1. The van der Waals surface area contributed by atoms with Crippen molar-refractivity contribution in [3.8, 4) is 17.2 Å². The number of rotatable bonds is 7. The second-order valence-corrected chi connectivity index (χ2v) is 6.77. The molecule has 4 aromatic rings. The van der Waals surface area contributed by atoms with E-state index in [1.165, 1.54) is 0 Å². The Labute approximate surface area is 168 Å². The molecule has 1 heterocycles. The van der Waals surface area contributed by atoms with Gasteiger partial charge in [-0.1, -0.05) is 42.5 Å². The summed E-state index contributed by atoms with van der Waals surface area (Å²) in [5, 5.41) is 10.2. The number of carboxylic acids is 1. The number of carboxylic acid groups (broad SMARTS) is 1. The number of fused-ring (bicyclic) bond motifs is 1. The Kier molecular flexibility index (Phi) is 5.20. The van der Waals surface area contributed by atoms with Crippen LogP contribution in [-0.4, -0.2) is 22.8 Å². The normalized spacial score (nSPS) is 10.8. The minimum absolute atomic E-state index is 0.00443. The first kappa shape index (κ1) is 18.6. The Balaban J connectivity index is 1.62. The van der Waals surface area contributed by atoms with Gasteiger partial charge in [0.2, 0.25) is 0 Å². The lowest BCUT2D eigenvalue weighted by Crippen LogP contribution is -2.00. The van der Waals surface area contributed by atoms with Gasteiger partial charge in [0.1, 0.15) is 5.75 Å². The lowest BCUT2D eigenvalue weighted by atomic mass is 10.1. The van der Waals surface area contributed by atoms with Gasteiger partial charge in [-0.15, -0.1) is 0 Å². The number of carbonyl (C=O) groups is 1. The highest BCUT2D eigenvalue weighted by atomic mass is 16.5. The van der Waals surface area contributed by atoms with Gasteiger partial charge in [-0.2, -0.15) is 0 Å². The first-order valence-corrected chi connectivity index (χ1v) is 9.32. The third-order valence-corrected chi connectivity index (χ3v) is 4.76. The SMILES string of the molecule is COc1ccccc1Oc1cccc(Cn2cc(CC(=O)O)c3ccccc32)c1. The van der Waals surface area contributed by atoms with Gasteiger partial charge in [0.25, 0.3) is 0 Å². The van der Waals surface area contributed by atoms with Crippen molar-refractivity contribution >= 4 is 16.9 Å². The van der Waals surface area contributed by atoms with Gasteiger partial charge in [-0.3, -0.25) is 4.79 Å². The molecule has 0 aliphatic carbocycles. The van der Waals surface area contributed by atoms with E-state index in [0.29, 0.717) is 23.8 Å². The summed E-state index contributed by atoms with van der Waals surface area (Å²) in [6.45, 7) is 0.614. The number of hydrogen-bond acceptors (Lipinski definition) is 3. The summed E-state index contributed by atoms with van der Waals surface area (Å²) in [6.07, 6.45) is 1.93. The van der Waals surface area contributed by atoms with Gasteiger partial charge >= 0.3 is 5.97 Å². The molecule has 0 aliphatic rings. The summed E-state index contributed by atoms with van der Waals surface area (Å²) in [4.78, 5) is 11.2. The molecule has 0 fully saturated rings. The Morgan fingerprint density at radius 3 is 2.52 bits per heavy atom. The van der Waals surface area contributed by atoms with Crippen LogP contribution in [-0.2, 0) is 17.8 Å². The lowest BCUT2D eigenvalue weighted by Gasteiger charge is -2.11. The average Bonchev–Trinajstić information content (AvgIpc) is 3.05. The monoisotopic (exact) mass is 387 g/mol. The molecule has 0 atom stereocenters. The fourth-order valence-corrected chi connectivity index (χ4v) is 3.49. The number of benzene rings is 3. The molecule has 0 saturated heterocycles. The standard InChI is InChI=1S/C24H21NO4/c1-28-22-11-4-5-12-23(22)29-19-8-6-7-17(13-19)15-25-16-18(14-24(26)27)20-9-2-3-10-21(20)25/h2-13,16H,14-15H2,1H3,(H,26,27).